The molecular weight excluding hydrogens is 372 g/mol. The SMILES string of the molecule is CC(=NOCc1ccccc1)c1cccc(-c2cc(C(=O)NC3CC3)ccc2C)c1. The number of carbonyl (C=O) groups excluding carboxylic acids is 1. The second kappa shape index (κ2) is 8.95. The van der Waals surface area contributed by atoms with Crippen molar-refractivity contribution in [3.05, 3.63) is 95.1 Å². The van der Waals surface area contributed by atoms with Crippen LogP contribution in [0.2, 0.25) is 0 Å². The summed E-state index contributed by atoms with van der Waals surface area (Å²) in [5.74, 6) is 0.00181. The average molecular weight is 399 g/mol. The van der Waals surface area contributed by atoms with Gasteiger partial charge in [-0.05, 0) is 72.7 Å². The number of oxime groups is 1. The Morgan fingerprint density at radius 1 is 1.00 bits per heavy atom. The summed E-state index contributed by atoms with van der Waals surface area (Å²) in [6.07, 6.45) is 2.16. The number of rotatable bonds is 7. The van der Waals surface area contributed by atoms with E-state index in [1.165, 1.54) is 0 Å². The molecule has 1 fully saturated rings. The molecule has 0 bridgehead atoms. The van der Waals surface area contributed by atoms with E-state index in [4.69, 9.17) is 4.84 Å². The van der Waals surface area contributed by atoms with Crippen molar-refractivity contribution in [3.8, 4) is 11.1 Å². The summed E-state index contributed by atoms with van der Waals surface area (Å²) in [5, 5.41) is 7.34. The molecule has 3 aromatic carbocycles. The first-order chi connectivity index (χ1) is 14.6. The zero-order valence-electron chi connectivity index (χ0n) is 17.4. The molecule has 0 spiro atoms. The van der Waals surface area contributed by atoms with Crippen LogP contribution in [0.25, 0.3) is 11.1 Å². The number of nitrogens with one attached hydrogen (secondary N) is 1. The molecule has 0 saturated heterocycles. The van der Waals surface area contributed by atoms with Crippen LogP contribution in [0, 0.1) is 6.92 Å². The van der Waals surface area contributed by atoms with Crippen molar-refractivity contribution in [2.75, 3.05) is 0 Å². The molecule has 0 heterocycles. The fourth-order valence-corrected chi connectivity index (χ4v) is 3.31. The molecule has 30 heavy (non-hydrogen) atoms. The monoisotopic (exact) mass is 398 g/mol. The summed E-state index contributed by atoms with van der Waals surface area (Å²) in [4.78, 5) is 18.0. The van der Waals surface area contributed by atoms with Crippen LogP contribution in [0.4, 0.5) is 0 Å². The number of nitrogens with zero attached hydrogens (tertiary/aromatic N) is 1. The van der Waals surface area contributed by atoms with Crippen LogP contribution in [0.1, 0.15) is 46.8 Å². The lowest BCUT2D eigenvalue weighted by molar-refractivity contribution is 0.0951. The minimum Gasteiger partial charge on any atom is -0.391 e. The van der Waals surface area contributed by atoms with Crippen molar-refractivity contribution in [2.45, 2.75) is 39.3 Å². The van der Waals surface area contributed by atoms with Crippen LogP contribution in [-0.2, 0) is 11.4 Å². The Morgan fingerprint density at radius 2 is 1.80 bits per heavy atom. The average Bonchev–Trinajstić information content (AvgIpc) is 3.59. The highest BCUT2D eigenvalue weighted by Gasteiger charge is 2.24. The normalized spacial score (nSPS) is 13.7. The molecule has 0 aromatic heterocycles. The van der Waals surface area contributed by atoms with Gasteiger partial charge in [-0.3, -0.25) is 4.79 Å². The minimum atomic E-state index is 0.00181. The van der Waals surface area contributed by atoms with E-state index in [9.17, 15) is 4.79 Å². The highest BCUT2D eigenvalue weighted by Crippen LogP contribution is 2.27. The molecular formula is C26H26N2O2. The second-order valence-corrected chi connectivity index (χ2v) is 7.79. The third kappa shape index (κ3) is 4.95. The Labute approximate surface area is 177 Å². The fraction of sp³-hybridized carbons (Fsp3) is 0.231. The summed E-state index contributed by atoms with van der Waals surface area (Å²) in [7, 11) is 0. The van der Waals surface area contributed by atoms with Crippen molar-refractivity contribution in [2.24, 2.45) is 5.16 Å². The third-order valence-electron chi connectivity index (χ3n) is 5.28. The smallest absolute Gasteiger partial charge is 0.251 e. The van der Waals surface area contributed by atoms with E-state index in [1.54, 1.807) is 0 Å². The van der Waals surface area contributed by atoms with Gasteiger partial charge in [0.2, 0.25) is 0 Å². The van der Waals surface area contributed by atoms with Crippen molar-refractivity contribution < 1.29 is 9.63 Å². The van der Waals surface area contributed by atoms with E-state index in [0.29, 0.717) is 18.2 Å². The molecule has 1 saturated carbocycles. The Bertz CT molecular complexity index is 1070. The Morgan fingerprint density at radius 3 is 2.57 bits per heavy atom. The number of hydrogen-bond donors (Lipinski definition) is 1. The second-order valence-electron chi connectivity index (χ2n) is 7.79. The molecule has 4 rings (SSSR count). The quantitative estimate of drug-likeness (QED) is 0.422. The lowest BCUT2D eigenvalue weighted by Gasteiger charge is -2.11. The van der Waals surface area contributed by atoms with Crippen molar-refractivity contribution in [1.82, 2.24) is 5.32 Å². The van der Waals surface area contributed by atoms with Gasteiger partial charge in [-0.1, -0.05) is 59.8 Å². The Balaban J connectivity index is 1.52. The molecule has 4 nitrogen and oxygen atoms in total. The number of aryl methyl sites for hydroxylation is 1. The zero-order valence-corrected chi connectivity index (χ0v) is 17.4. The highest BCUT2D eigenvalue weighted by molar-refractivity contribution is 6.00. The molecule has 152 valence electrons. The summed E-state index contributed by atoms with van der Waals surface area (Å²) in [6, 6.07) is 24.4. The fourth-order valence-electron chi connectivity index (χ4n) is 3.31. The summed E-state index contributed by atoms with van der Waals surface area (Å²) < 4.78 is 0. The topological polar surface area (TPSA) is 50.7 Å². The number of benzene rings is 3. The van der Waals surface area contributed by atoms with Gasteiger partial charge in [0, 0.05) is 11.6 Å². The molecule has 0 unspecified atom stereocenters. The number of hydrogen-bond acceptors (Lipinski definition) is 3. The van der Waals surface area contributed by atoms with Crippen molar-refractivity contribution in [1.29, 1.82) is 0 Å². The molecule has 4 heteroatoms. The molecule has 1 amide bonds. The third-order valence-corrected chi connectivity index (χ3v) is 5.28. The van der Waals surface area contributed by atoms with Crippen LogP contribution in [-0.4, -0.2) is 17.7 Å². The van der Waals surface area contributed by atoms with Gasteiger partial charge in [0.25, 0.3) is 5.91 Å². The highest BCUT2D eigenvalue weighted by atomic mass is 16.6. The van der Waals surface area contributed by atoms with Crippen LogP contribution in [0.15, 0.2) is 78.0 Å². The van der Waals surface area contributed by atoms with Crippen molar-refractivity contribution in [3.63, 3.8) is 0 Å². The predicted octanol–water partition coefficient (Wildman–Crippen LogP) is 5.50. The van der Waals surface area contributed by atoms with Gasteiger partial charge in [-0.15, -0.1) is 0 Å². The van der Waals surface area contributed by atoms with Gasteiger partial charge >= 0.3 is 0 Å². The van der Waals surface area contributed by atoms with E-state index in [0.717, 1.165) is 46.4 Å². The zero-order chi connectivity index (χ0) is 20.9. The lowest BCUT2D eigenvalue weighted by Crippen LogP contribution is -2.25. The maximum Gasteiger partial charge on any atom is 0.251 e. The van der Waals surface area contributed by atoms with E-state index in [1.807, 2.05) is 67.6 Å². The molecule has 1 aliphatic carbocycles. The van der Waals surface area contributed by atoms with Crippen molar-refractivity contribution >= 4 is 11.6 Å². The first-order valence-corrected chi connectivity index (χ1v) is 10.3. The standard InChI is InChI=1S/C26H26N2O2/c1-18-11-12-23(26(29)27-24-13-14-24)16-25(18)22-10-6-9-21(15-22)19(2)28-30-17-20-7-4-3-5-8-20/h3-12,15-16,24H,13-14,17H2,1-2H3,(H,27,29). The van der Waals surface area contributed by atoms with E-state index < -0.39 is 0 Å². The molecule has 0 aliphatic heterocycles. The van der Waals surface area contributed by atoms with Gasteiger partial charge in [0.05, 0.1) is 5.71 Å². The van der Waals surface area contributed by atoms with Crippen LogP contribution >= 0.6 is 0 Å². The molecule has 0 radical (unpaired) electrons. The Kier molecular flexibility index (Phi) is 5.94. The van der Waals surface area contributed by atoms with Crippen LogP contribution < -0.4 is 5.32 Å². The summed E-state index contributed by atoms with van der Waals surface area (Å²) >= 11 is 0. The maximum absolute atomic E-state index is 12.5. The first-order valence-electron chi connectivity index (χ1n) is 10.3. The van der Waals surface area contributed by atoms with Gasteiger partial charge in [0.1, 0.15) is 6.61 Å². The van der Waals surface area contributed by atoms with E-state index >= 15 is 0 Å². The van der Waals surface area contributed by atoms with E-state index in [-0.39, 0.29) is 5.91 Å². The Hall–Kier alpha value is -3.40. The lowest BCUT2D eigenvalue weighted by atomic mass is 9.96. The van der Waals surface area contributed by atoms with E-state index in [2.05, 4.69) is 29.5 Å². The molecule has 3 aromatic rings. The van der Waals surface area contributed by atoms with Crippen LogP contribution in [0.5, 0.6) is 0 Å². The number of carbonyl (C=O) groups is 1. The van der Waals surface area contributed by atoms with Gasteiger partial charge < -0.3 is 10.2 Å². The summed E-state index contributed by atoms with van der Waals surface area (Å²) in [5.41, 5.74) is 6.83. The molecule has 1 aliphatic rings. The number of amides is 1. The van der Waals surface area contributed by atoms with Gasteiger partial charge in [-0.25, -0.2) is 0 Å². The van der Waals surface area contributed by atoms with Gasteiger partial charge in [0.15, 0.2) is 0 Å². The molecule has 0 atom stereocenters. The largest absolute Gasteiger partial charge is 0.391 e. The predicted molar refractivity (Wildman–Crippen MR) is 121 cm³/mol. The molecule has 1 N–H and O–H groups in total. The van der Waals surface area contributed by atoms with Gasteiger partial charge in [-0.2, -0.15) is 0 Å². The first kappa shape index (κ1) is 19.9. The maximum atomic E-state index is 12.5. The minimum absolute atomic E-state index is 0.00181. The summed E-state index contributed by atoms with van der Waals surface area (Å²) in [6.45, 7) is 4.44. The van der Waals surface area contributed by atoms with Crippen LogP contribution in [0.3, 0.4) is 0 Å².